The molecule has 8 heteroatoms. The summed E-state index contributed by atoms with van der Waals surface area (Å²) in [6, 6.07) is 11.6. The largest absolute Gasteiger partial charge is 0.339 e. The van der Waals surface area contributed by atoms with Crippen molar-refractivity contribution < 1.29 is 14.4 Å². The topological polar surface area (TPSA) is 106 Å². The lowest BCUT2D eigenvalue weighted by Crippen LogP contribution is -2.50. The average molecular weight is 377 g/mol. The van der Waals surface area contributed by atoms with Gasteiger partial charge in [0, 0.05) is 50.6 Å². The van der Waals surface area contributed by atoms with E-state index in [4.69, 9.17) is 5.26 Å². The summed E-state index contributed by atoms with van der Waals surface area (Å²) < 4.78 is 0. The van der Waals surface area contributed by atoms with Crippen molar-refractivity contribution in [2.75, 3.05) is 31.5 Å². The molecule has 0 radical (unpaired) electrons. The molecule has 0 saturated carbocycles. The third-order valence-corrected chi connectivity index (χ3v) is 4.50. The number of rotatable bonds is 3. The van der Waals surface area contributed by atoms with Gasteiger partial charge in [0.25, 0.3) is 11.8 Å². The summed E-state index contributed by atoms with van der Waals surface area (Å²) in [6.45, 7) is 3.40. The Bertz CT molecular complexity index is 958. The fourth-order valence-corrected chi connectivity index (χ4v) is 2.96. The number of nitrogens with one attached hydrogen (secondary N) is 1. The molecule has 0 aliphatic carbocycles. The number of anilines is 1. The van der Waals surface area contributed by atoms with Crippen LogP contribution in [0.5, 0.6) is 0 Å². The molecule has 0 spiro atoms. The molecule has 142 valence electrons. The van der Waals surface area contributed by atoms with Gasteiger partial charge >= 0.3 is 0 Å². The molecule has 3 rings (SSSR count). The standard InChI is InChI=1S/C20H19N5O3/c1-14(26)24-7-9-25(10-8-24)20(28)16-5-6-22-18(12-16)19(27)23-17-4-2-3-15(11-17)13-21/h2-6,11-12H,7-10H2,1H3,(H,23,27). The van der Waals surface area contributed by atoms with Gasteiger partial charge in [0.1, 0.15) is 5.69 Å². The third kappa shape index (κ3) is 4.32. The molecule has 0 bridgehead atoms. The first-order chi connectivity index (χ1) is 13.5. The van der Waals surface area contributed by atoms with Gasteiger partial charge in [0.2, 0.25) is 5.91 Å². The van der Waals surface area contributed by atoms with E-state index in [-0.39, 0.29) is 17.5 Å². The first-order valence-corrected chi connectivity index (χ1v) is 8.80. The van der Waals surface area contributed by atoms with Crippen LogP contribution in [0.2, 0.25) is 0 Å². The molecular formula is C20H19N5O3. The molecule has 1 saturated heterocycles. The second kappa shape index (κ2) is 8.31. The van der Waals surface area contributed by atoms with Crippen LogP contribution in [-0.4, -0.2) is 58.7 Å². The summed E-state index contributed by atoms with van der Waals surface area (Å²) in [5, 5.41) is 11.6. The van der Waals surface area contributed by atoms with Crippen molar-refractivity contribution in [2.45, 2.75) is 6.92 Å². The Balaban J connectivity index is 1.69. The summed E-state index contributed by atoms with van der Waals surface area (Å²) in [5.74, 6) is -0.673. The zero-order valence-corrected chi connectivity index (χ0v) is 15.4. The lowest BCUT2D eigenvalue weighted by Gasteiger charge is -2.34. The molecule has 1 aromatic carbocycles. The van der Waals surface area contributed by atoms with Crippen LogP contribution < -0.4 is 5.32 Å². The van der Waals surface area contributed by atoms with Crippen LogP contribution in [0.4, 0.5) is 5.69 Å². The maximum Gasteiger partial charge on any atom is 0.274 e. The van der Waals surface area contributed by atoms with Crippen LogP contribution >= 0.6 is 0 Å². The van der Waals surface area contributed by atoms with Gasteiger partial charge in [0.15, 0.2) is 0 Å². The predicted molar refractivity (Wildman–Crippen MR) is 102 cm³/mol. The molecule has 1 aliphatic heterocycles. The Hall–Kier alpha value is -3.73. The van der Waals surface area contributed by atoms with Crippen LogP contribution in [0.15, 0.2) is 42.6 Å². The first kappa shape index (κ1) is 19.0. The summed E-state index contributed by atoms with van der Waals surface area (Å²) in [4.78, 5) is 44.0. The highest BCUT2D eigenvalue weighted by atomic mass is 16.2. The fraction of sp³-hybridized carbons (Fsp3) is 0.250. The Morgan fingerprint density at radius 1 is 1.07 bits per heavy atom. The molecular weight excluding hydrogens is 358 g/mol. The van der Waals surface area contributed by atoms with E-state index in [0.29, 0.717) is 43.0 Å². The highest BCUT2D eigenvalue weighted by Crippen LogP contribution is 2.13. The SMILES string of the molecule is CC(=O)N1CCN(C(=O)c2ccnc(C(=O)Nc3cccc(C#N)c3)c2)CC1. The van der Waals surface area contributed by atoms with Crippen molar-refractivity contribution in [1.82, 2.24) is 14.8 Å². The Labute approximate surface area is 162 Å². The van der Waals surface area contributed by atoms with Crippen LogP contribution in [-0.2, 0) is 4.79 Å². The molecule has 1 aliphatic rings. The van der Waals surface area contributed by atoms with Gasteiger partial charge in [-0.3, -0.25) is 19.4 Å². The second-order valence-corrected chi connectivity index (χ2v) is 6.37. The molecule has 1 fully saturated rings. The van der Waals surface area contributed by atoms with Crippen molar-refractivity contribution in [1.29, 1.82) is 5.26 Å². The van der Waals surface area contributed by atoms with Crippen molar-refractivity contribution in [3.05, 3.63) is 59.4 Å². The van der Waals surface area contributed by atoms with E-state index in [1.807, 2.05) is 6.07 Å². The molecule has 0 atom stereocenters. The van der Waals surface area contributed by atoms with Crippen LogP contribution in [0, 0.1) is 11.3 Å². The van der Waals surface area contributed by atoms with Gasteiger partial charge < -0.3 is 15.1 Å². The first-order valence-electron chi connectivity index (χ1n) is 8.80. The Morgan fingerprint density at radius 2 is 1.79 bits per heavy atom. The zero-order valence-electron chi connectivity index (χ0n) is 15.4. The maximum absolute atomic E-state index is 12.7. The number of piperazine rings is 1. The Morgan fingerprint density at radius 3 is 2.46 bits per heavy atom. The van der Waals surface area contributed by atoms with Crippen molar-refractivity contribution in [3.8, 4) is 6.07 Å². The number of carbonyl (C=O) groups is 3. The van der Waals surface area contributed by atoms with E-state index in [1.165, 1.54) is 19.2 Å². The van der Waals surface area contributed by atoms with E-state index in [1.54, 1.807) is 40.1 Å². The minimum atomic E-state index is -0.467. The number of carbonyl (C=O) groups excluding carboxylic acids is 3. The van der Waals surface area contributed by atoms with Crippen LogP contribution in [0.1, 0.15) is 33.3 Å². The van der Waals surface area contributed by atoms with Crippen molar-refractivity contribution in [2.24, 2.45) is 0 Å². The number of hydrogen-bond donors (Lipinski definition) is 1. The van der Waals surface area contributed by atoms with E-state index in [2.05, 4.69) is 10.3 Å². The molecule has 2 aromatic rings. The predicted octanol–water partition coefficient (Wildman–Crippen LogP) is 1.51. The number of aromatic nitrogens is 1. The summed E-state index contributed by atoms with van der Waals surface area (Å²) >= 11 is 0. The van der Waals surface area contributed by atoms with E-state index in [0.717, 1.165) is 0 Å². The lowest BCUT2D eigenvalue weighted by molar-refractivity contribution is -0.130. The quantitative estimate of drug-likeness (QED) is 0.873. The summed E-state index contributed by atoms with van der Waals surface area (Å²) in [6.07, 6.45) is 1.42. The summed E-state index contributed by atoms with van der Waals surface area (Å²) in [7, 11) is 0. The van der Waals surface area contributed by atoms with Gasteiger partial charge in [-0.15, -0.1) is 0 Å². The van der Waals surface area contributed by atoms with Gasteiger partial charge in [0.05, 0.1) is 11.6 Å². The minimum absolute atomic E-state index is 0.00423. The van der Waals surface area contributed by atoms with Gasteiger partial charge in [-0.25, -0.2) is 0 Å². The maximum atomic E-state index is 12.7. The van der Waals surface area contributed by atoms with Crippen LogP contribution in [0.25, 0.3) is 0 Å². The minimum Gasteiger partial charge on any atom is -0.339 e. The number of nitriles is 1. The second-order valence-electron chi connectivity index (χ2n) is 6.37. The van der Waals surface area contributed by atoms with Gasteiger partial charge in [-0.05, 0) is 30.3 Å². The van der Waals surface area contributed by atoms with Gasteiger partial charge in [-0.2, -0.15) is 5.26 Å². The summed E-state index contributed by atoms with van der Waals surface area (Å²) in [5.41, 5.74) is 1.38. The molecule has 1 aromatic heterocycles. The van der Waals surface area contributed by atoms with E-state index < -0.39 is 5.91 Å². The molecule has 0 unspecified atom stereocenters. The van der Waals surface area contributed by atoms with E-state index >= 15 is 0 Å². The van der Waals surface area contributed by atoms with Crippen molar-refractivity contribution >= 4 is 23.4 Å². The monoisotopic (exact) mass is 377 g/mol. The lowest BCUT2D eigenvalue weighted by atomic mass is 10.1. The number of nitrogens with zero attached hydrogens (tertiary/aromatic N) is 4. The number of hydrogen-bond acceptors (Lipinski definition) is 5. The number of pyridine rings is 1. The zero-order chi connectivity index (χ0) is 20.1. The fourth-order valence-electron chi connectivity index (χ4n) is 2.96. The molecule has 28 heavy (non-hydrogen) atoms. The molecule has 3 amide bonds. The smallest absolute Gasteiger partial charge is 0.274 e. The van der Waals surface area contributed by atoms with Gasteiger partial charge in [-0.1, -0.05) is 6.07 Å². The molecule has 8 nitrogen and oxygen atoms in total. The highest BCUT2D eigenvalue weighted by Gasteiger charge is 2.24. The highest BCUT2D eigenvalue weighted by molar-refractivity contribution is 6.04. The van der Waals surface area contributed by atoms with Crippen LogP contribution in [0.3, 0.4) is 0 Å². The number of benzene rings is 1. The molecule has 1 N–H and O–H groups in total. The molecule has 2 heterocycles. The average Bonchev–Trinajstić information content (AvgIpc) is 2.73. The third-order valence-electron chi connectivity index (χ3n) is 4.50. The number of amides is 3. The normalized spacial score (nSPS) is 13.6. The Kier molecular flexibility index (Phi) is 5.65. The van der Waals surface area contributed by atoms with E-state index in [9.17, 15) is 14.4 Å². The van der Waals surface area contributed by atoms with Crippen molar-refractivity contribution in [3.63, 3.8) is 0 Å².